The van der Waals surface area contributed by atoms with Crippen LogP contribution < -0.4 is 10.6 Å². The first kappa shape index (κ1) is 10.2. The molecule has 0 radical (unpaired) electrons. The molecule has 0 unspecified atom stereocenters. The minimum Gasteiger partial charge on any atom is -0.352 e. The molecule has 3 heteroatoms. The summed E-state index contributed by atoms with van der Waals surface area (Å²) in [6, 6.07) is 10.6. The second-order valence-electron chi connectivity index (χ2n) is 3.98. The zero-order chi connectivity index (χ0) is 10.7. The molecule has 2 rings (SSSR count). The van der Waals surface area contributed by atoms with E-state index in [9.17, 15) is 4.79 Å². The number of nitrogens with one attached hydrogen (secondary N) is 2. The van der Waals surface area contributed by atoms with Crippen molar-refractivity contribution in [3.8, 4) is 0 Å². The van der Waals surface area contributed by atoms with Crippen molar-refractivity contribution in [2.75, 3.05) is 13.1 Å². The second-order valence-corrected chi connectivity index (χ2v) is 3.98. The third-order valence-corrected chi connectivity index (χ3v) is 2.83. The zero-order valence-corrected chi connectivity index (χ0v) is 8.86. The van der Waals surface area contributed by atoms with Crippen LogP contribution in [0.4, 0.5) is 0 Å². The van der Waals surface area contributed by atoms with Gasteiger partial charge in [-0.3, -0.25) is 4.79 Å². The number of hydrogen-bond donors (Lipinski definition) is 2. The molecule has 1 fully saturated rings. The van der Waals surface area contributed by atoms with Gasteiger partial charge in [0, 0.05) is 32.0 Å². The van der Waals surface area contributed by atoms with Gasteiger partial charge >= 0.3 is 0 Å². The molecule has 1 saturated heterocycles. The van der Waals surface area contributed by atoms with Crippen molar-refractivity contribution in [1.29, 1.82) is 0 Å². The van der Waals surface area contributed by atoms with Crippen LogP contribution in [0.5, 0.6) is 0 Å². The van der Waals surface area contributed by atoms with Gasteiger partial charge in [-0.25, -0.2) is 0 Å². The fourth-order valence-corrected chi connectivity index (χ4v) is 2.14. The van der Waals surface area contributed by atoms with Gasteiger partial charge in [-0.15, -0.1) is 0 Å². The fraction of sp³-hybridized carbons (Fsp3) is 0.417. The summed E-state index contributed by atoms with van der Waals surface area (Å²) in [4.78, 5) is 11.0. The van der Waals surface area contributed by atoms with Crippen LogP contribution in [0, 0.1) is 0 Å². The van der Waals surface area contributed by atoms with Crippen molar-refractivity contribution in [2.24, 2.45) is 0 Å². The Morgan fingerprint density at radius 3 is 2.73 bits per heavy atom. The van der Waals surface area contributed by atoms with Crippen LogP contribution in [0.15, 0.2) is 30.3 Å². The quantitative estimate of drug-likeness (QED) is 0.750. The third-order valence-electron chi connectivity index (χ3n) is 2.83. The fourth-order valence-electron chi connectivity index (χ4n) is 2.14. The molecule has 2 N–H and O–H groups in total. The van der Waals surface area contributed by atoms with Crippen LogP contribution in [-0.4, -0.2) is 25.0 Å². The number of carbonyl (C=O) groups is 1. The second kappa shape index (κ2) is 4.45. The van der Waals surface area contributed by atoms with Crippen molar-refractivity contribution >= 4 is 5.91 Å². The summed E-state index contributed by atoms with van der Waals surface area (Å²) in [6.45, 7) is 3.37. The molecule has 1 aliphatic heterocycles. The molecule has 1 amide bonds. The summed E-state index contributed by atoms with van der Waals surface area (Å²) in [7, 11) is 0. The number of benzene rings is 1. The van der Waals surface area contributed by atoms with Crippen LogP contribution in [-0.2, 0) is 4.79 Å². The lowest BCUT2D eigenvalue weighted by atomic mass is 9.94. The highest BCUT2D eigenvalue weighted by atomic mass is 16.1. The predicted molar refractivity (Wildman–Crippen MR) is 59.7 cm³/mol. The highest BCUT2D eigenvalue weighted by Gasteiger charge is 2.28. The Hall–Kier alpha value is -1.35. The van der Waals surface area contributed by atoms with Gasteiger partial charge in [0.15, 0.2) is 0 Å². The lowest BCUT2D eigenvalue weighted by molar-refractivity contribution is -0.119. The van der Waals surface area contributed by atoms with E-state index in [2.05, 4.69) is 22.8 Å². The van der Waals surface area contributed by atoms with Crippen molar-refractivity contribution in [3.05, 3.63) is 35.9 Å². The highest BCUT2D eigenvalue weighted by Crippen LogP contribution is 2.22. The van der Waals surface area contributed by atoms with Crippen LogP contribution >= 0.6 is 0 Å². The molecule has 1 heterocycles. The molecule has 0 aliphatic carbocycles. The molecule has 1 aliphatic rings. The molecule has 1 aromatic carbocycles. The first-order valence-corrected chi connectivity index (χ1v) is 5.30. The minimum absolute atomic E-state index is 0.0460. The summed E-state index contributed by atoms with van der Waals surface area (Å²) < 4.78 is 0. The Bertz CT molecular complexity index is 337. The van der Waals surface area contributed by atoms with Gasteiger partial charge in [0.2, 0.25) is 5.91 Å². The lowest BCUT2D eigenvalue weighted by Crippen LogP contribution is -2.38. The van der Waals surface area contributed by atoms with Crippen molar-refractivity contribution < 1.29 is 4.79 Å². The van der Waals surface area contributed by atoms with Crippen LogP contribution in [0.3, 0.4) is 0 Å². The van der Waals surface area contributed by atoms with Crippen LogP contribution in [0.2, 0.25) is 0 Å². The van der Waals surface area contributed by atoms with Gasteiger partial charge in [-0.05, 0) is 5.56 Å². The molecule has 0 saturated carbocycles. The number of amides is 1. The highest BCUT2D eigenvalue weighted by molar-refractivity contribution is 5.73. The van der Waals surface area contributed by atoms with E-state index in [0.29, 0.717) is 5.92 Å². The van der Waals surface area contributed by atoms with E-state index in [1.165, 1.54) is 5.56 Å². The molecule has 80 valence electrons. The SMILES string of the molecule is CC(=O)N[C@@H]1CNC[C@H]1c1ccccc1. The maximum atomic E-state index is 11.0. The van der Waals surface area contributed by atoms with Gasteiger partial charge in [0.05, 0.1) is 0 Å². The molecule has 3 nitrogen and oxygen atoms in total. The van der Waals surface area contributed by atoms with Gasteiger partial charge in [0.25, 0.3) is 0 Å². The summed E-state index contributed by atoms with van der Waals surface area (Å²) >= 11 is 0. The first-order chi connectivity index (χ1) is 7.27. The Morgan fingerprint density at radius 1 is 1.33 bits per heavy atom. The summed E-state index contributed by atoms with van der Waals surface area (Å²) in [5.41, 5.74) is 1.29. The van der Waals surface area contributed by atoms with Gasteiger partial charge in [-0.2, -0.15) is 0 Å². The topological polar surface area (TPSA) is 41.1 Å². The molecular formula is C12H16N2O. The average Bonchev–Trinajstić information content (AvgIpc) is 2.66. The Morgan fingerprint density at radius 2 is 2.07 bits per heavy atom. The Labute approximate surface area is 89.9 Å². The first-order valence-electron chi connectivity index (χ1n) is 5.30. The van der Waals surface area contributed by atoms with Gasteiger partial charge < -0.3 is 10.6 Å². The molecule has 0 spiro atoms. The third kappa shape index (κ3) is 2.36. The van der Waals surface area contributed by atoms with Crippen molar-refractivity contribution in [2.45, 2.75) is 18.9 Å². The standard InChI is InChI=1S/C12H16N2O/c1-9(15)14-12-8-13-7-11(12)10-5-3-2-4-6-10/h2-6,11-13H,7-8H2,1H3,(H,14,15)/t11-,12+/m0/s1. The zero-order valence-electron chi connectivity index (χ0n) is 8.86. The van der Waals surface area contributed by atoms with E-state index >= 15 is 0 Å². The van der Waals surface area contributed by atoms with E-state index in [1.54, 1.807) is 6.92 Å². The number of hydrogen-bond acceptors (Lipinski definition) is 2. The molecule has 2 atom stereocenters. The van der Waals surface area contributed by atoms with E-state index in [0.717, 1.165) is 13.1 Å². The largest absolute Gasteiger partial charge is 0.352 e. The summed E-state index contributed by atoms with van der Waals surface area (Å²) in [5, 5.41) is 6.30. The van der Waals surface area contributed by atoms with E-state index in [4.69, 9.17) is 0 Å². The number of rotatable bonds is 2. The molecule has 15 heavy (non-hydrogen) atoms. The summed E-state index contributed by atoms with van der Waals surface area (Å²) in [5.74, 6) is 0.444. The molecule has 0 bridgehead atoms. The van der Waals surface area contributed by atoms with Crippen molar-refractivity contribution in [3.63, 3.8) is 0 Å². The maximum Gasteiger partial charge on any atom is 0.217 e. The monoisotopic (exact) mass is 204 g/mol. The van der Waals surface area contributed by atoms with E-state index in [1.807, 2.05) is 18.2 Å². The Balaban J connectivity index is 2.11. The molecule has 1 aromatic rings. The van der Waals surface area contributed by atoms with Crippen LogP contribution in [0.25, 0.3) is 0 Å². The smallest absolute Gasteiger partial charge is 0.217 e. The average molecular weight is 204 g/mol. The van der Waals surface area contributed by atoms with E-state index in [-0.39, 0.29) is 11.9 Å². The molecular weight excluding hydrogens is 188 g/mol. The maximum absolute atomic E-state index is 11.0. The predicted octanol–water partition coefficient (Wildman–Crippen LogP) is 0.878. The minimum atomic E-state index is 0.0460. The molecule has 0 aromatic heterocycles. The van der Waals surface area contributed by atoms with Crippen molar-refractivity contribution in [1.82, 2.24) is 10.6 Å². The normalized spacial score (nSPS) is 25.1. The van der Waals surface area contributed by atoms with Crippen LogP contribution in [0.1, 0.15) is 18.4 Å². The van der Waals surface area contributed by atoms with E-state index < -0.39 is 0 Å². The number of carbonyl (C=O) groups excluding carboxylic acids is 1. The lowest BCUT2D eigenvalue weighted by Gasteiger charge is -2.19. The van der Waals surface area contributed by atoms with Gasteiger partial charge in [-0.1, -0.05) is 30.3 Å². The van der Waals surface area contributed by atoms with Gasteiger partial charge in [0.1, 0.15) is 0 Å². The summed E-state index contributed by atoms with van der Waals surface area (Å²) in [6.07, 6.45) is 0. The Kier molecular flexibility index (Phi) is 3.02.